The Morgan fingerprint density at radius 2 is 1.81 bits per heavy atom. The van der Waals surface area contributed by atoms with Crippen molar-refractivity contribution in [3.05, 3.63) is 75.2 Å². The lowest BCUT2D eigenvalue weighted by atomic mass is 10.1. The van der Waals surface area contributed by atoms with Gasteiger partial charge in [0.15, 0.2) is 11.8 Å². The average Bonchev–Trinajstić information content (AvgIpc) is 2.64. The molecule has 132 valence electrons. The maximum Gasteiger partial charge on any atom is 0.360 e. The number of carbonyl (C=O) groups is 2. The van der Waals surface area contributed by atoms with Crippen LogP contribution in [0.5, 0.6) is 0 Å². The molecule has 1 atom stereocenters. The highest BCUT2D eigenvalue weighted by atomic mass is 35.5. The van der Waals surface area contributed by atoms with Gasteiger partial charge in [-0.25, -0.2) is 9.48 Å². The Labute approximate surface area is 154 Å². The lowest BCUT2D eigenvalue weighted by Crippen LogP contribution is -2.28. The number of esters is 1. The fraction of sp³-hybridized carbons (Fsp3) is 0.158. The van der Waals surface area contributed by atoms with Gasteiger partial charge in [-0.3, -0.25) is 9.59 Å². The third-order valence-corrected chi connectivity index (χ3v) is 4.15. The van der Waals surface area contributed by atoms with Crippen molar-refractivity contribution < 1.29 is 14.3 Å². The summed E-state index contributed by atoms with van der Waals surface area (Å²) in [6.45, 7) is 1.48. The number of halogens is 1. The van der Waals surface area contributed by atoms with E-state index in [1.807, 2.05) is 0 Å². The third-order valence-electron chi connectivity index (χ3n) is 3.91. The van der Waals surface area contributed by atoms with E-state index < -0.39 is 12.1 Å². The molecule has 0 radical (unpaired) electrons. The molecule has 0 saturated heterocycles. The molecule has 6 nitrogen and oxygen atoms in total. The molecule has 26 heavy (non-hydrogen) atoms. The standard InChI is InChI=1S/C19H15ClN2O4/c1-11(17(23)12-6-5-7-13(20)10-12)26-19(25)16-14-8-3-4-9-15(14)18(24)22(2)21-16/h3-11H,1-2H3/t11-/m1/s1. The van der Waals surface area contributed by atoms with Gasteiger partial charge in [-0.05, 0) is 25.1 Å². The molecule has 3 rings (SSSR count). The van der Waals surface area contributed by atoms with Crippen LogP contribution in [0, 0.1) is 0 Å². The monoisotopic (exact) mass is 370 g/mol. The van der Waals surface area contributed by atoms with Gasteiger partial charge in [0.25, 0.3) is 5.56 Å². The minimum atomic E-state index is -1.03. The van der Waals surface area contributed by atoms with Gasteiger partial charge in [0, 0.05) is 23.0 Å². The van der Waals surface area contributed by atoms with Crippen LogP contribution in [0.1, 0.15) is 27.8 Å². The molecule has 0 amide bonds. The molecule has 0 unspecified atom stereocenters. The normalized spacial score (nSPS) is 12.0. The van der Waals surface area contributed by atoms with Crippen LogP contribution < -0.4 is 5.56 Å². The number of Topliss-reactive ketones (excluding diaryl/α,β-unsaturated/α-hetero) is 1. The van der Waals surface area contributed by atoms with E-state index in [1.165, 1.54) is 20.0 Å². The zero-order valence-electron chi connectivity index (χ0n) is 14.1. The minimum absolute atomic E-state index is 0.0200. The molecule has 1 heterocycles. The first kappa shape index (κ1) is 17.8. The number of benzene rings is 2. The van der Waals surface area contributed by atoms with Crippen molar-refractivity contribution in [2.45, 2.75) is 13.0 Å². The number of fused-ring (bicyclic) bond motifs is 1. The fourth-order valence-corrected chi connectivity index (χ4v) is 2.79. The van der Waals surface area contributed by atoms with Crippen molar-refractivity contribution in [1.82, 2.24) is 9.78 Å². The van der Waals surface area contributed by atoms with Crippen LogP contribution in [0.4, 0.5) is 0 Å². The van der Waals surface area contributed by atoms with Crippen molar-refractivity contribution >= 4 is 34.1 Å². The van der Waals surface area contributed by atoms with Gasteiger partial charge in [-0.15, -0.1) is 0 Å². The molecule has 0 bridgehead atoms. The topological polar surface area (TPSA) is 78.3 Å². The maximum absolute atomic E-state index is 12.6. The quantitative estimate of drug-likeness (QED) is 0.521. The minimum Gasteiger partial charge on any atom is -0.449 e. The highest BCUT2D eigenvalue weighted by Crippen LogP contribution is 2.17. The smallest absolute Gasteiger partial charge is 0.360 e. The van der Waals surface area contributed by atoms with E-state index in [0.29, 0.717) is 21.4 Å². The van der Waals surface area contributed by atoms with Gasteiger partial charge < -0.3 is 4.74 Å². The summed E-state index contributed by atoms with van der Waals surface area (Å²) < 4.78 is 6.36. The Kier molecular flexibility index (Phi) is 4.86. The summed E-state index contributed by atoms with van der Waals surface area (Å²) in [6, 6.07) is 13.0. The number of ketones is 1. The van der Waals surface area contributed by atoms with Crippen LogP contribution in [-0.2, 0) is 11.8 Å². The van der Waals surface area contributed by atoms with Gasteiger partial charge in [0.2, 0.25) is 5.78 Å². The molecular formula is C19H15ClN2O4. The molecule has 0 N–H and O–H groups in total. The average molecular weight is 371 g/mol. The van der Waals surface area contributed by atoms with Gasteiger partial charge in [-0.2, -0.15) is 5.10 Å². The molecule has 0 aliphatic carbocycles. The summed E-state index contributed by atoms with van der Waals surface area (Å²) in [6.07, 6.45) is -1.03. The Bertz CT molecular complexity index is 1070. The summed E-state index contributed by atoms with van der Waals surface area (Å²) in [5.74, 6) is -1.16. The lowest BCUT2D eigenvalue weighted by molar-refractivity contribution is 0.0313. The van der Waals surface area contributed by atoms with Crippen LogP contribution in [0.15, 0.2) is 53.3 Å². The summed E-state index contributed by atoms with van der Waals surface area (Å²) in [4.78, 5) is 37.1. The molecular weight excluding hydrogens is 356 g/mol. The van der Waals surface area contributed by atoms with E-state index in [0.717, 1.165) is 4.68 Å². The number of hydrogen-bond acceptors (Lipinski definition) is 5. The zero-order chi connectivity index (χ0) is 18.8. The Balaban J connectivity index is 1.91. The lowest BCUT2D eigenvalue weighted by Gasteiger charge is -2.13. The Hall–Kier alpha value is -2.99. The van der Waals surface area contributed by atoms with E-state index >= 15 is 0 Å². The summed E-state index contributed by atoms with van der Waals surface area (Å²) in [5, 5.41) is 5.14. The molecule has 7 heteroatoms. The highest BCUT2D eigenvalue weighted by Gasteiger charge is 2.23. The second-order valence-corrected chi connectivity index (χ2v) is 6.18. The van der Waals surface area contributed by atoms with Crippen molar-refractivity contribution in [3.63, 3.8) is 0 Å². The van der Waals surface area contributed by atoms with E-state index in [4.69, 9.17) is 16.3 Å². The fourth-order valence-electron chi connectivity index (χ4n) is 2.60. The first-order chi connectivity index (χ1) is 12.4. The molecule has 0 fully saturated rings. The molecule has 0 spiro atoms. The predicted molar refractivity (Wildman–Crippen MR) is 97.6 cm³/mol. The third kappa shape index (κ3) is 3.36. The van der Waals surface area contributed by atoms with Crippen LogP contribution in [0.25, 0.3) is 10.8 Å². The number of ether oxygens (including phenoxy) is 1. The molecule has 0 saturated carbocycles. The summed E-state index contributed by atoms with van der Waals surface area (Å²) in [5.41, 5.74) is 0.00438. The van der Waals surface area contributed by atoms with Crippen LogP contribution in [0.3, 0.4) is 0 Å². The highest BCUT2D eigenvalue weighted by molar-refractivity contribution is 6.31. The molecule has 0 aliphatic rings. The van der Waals surface area contributed by atoms with E-state index in [-0.39, 0.29) is 17.0 Å². The van der Waals surface area contributed by atoms with Crippen LogP contribution in [0.2, 0.25) is 5.02 Å². The van der Waals surface area contributed by atoms with Gasteiger partial charge >= 0.3 is 5.97 Å². The summed E-state index contributed by atoms with van der Waals surface area (Å²) >= 11 is 5.89. The first-order valence-corrected chi connectivity index (χ1v) is 8.23. The Morgan fingerprint density at radius 1 is 1.12 bits per heavy atom. The van der Waals surface area contributed by atoms with E-state index in [2.05, 4.69) is 5.10 Å². The van der Waals surface area contributed by atoms with E-state index in [1.54, 1.807) is 42.5 Å². The van der Waals surface area contributed by atoms with Crippen LogP contribution in [-0.4, -0.2) is 27.6 Å². The van der Waals surface area contributed by atoms with Crippen molar-refractivity contribution in [2.75, 3.05) is 0 Å². The number of hydrogen-bond donors (Lipinski definition) is 0. The number of rotatable bonds is 4. The number of aryl methyl sites for hydroxylation is 1. The van der Waals surface area contributed by atoms with Gasteiger partial charge in [0.1, 0.15) is 0 Å². The van der Waals surface area contributed by atoms with Crippen molar-refractivity contribution in [2.24, 2.45) is 7.05 Å². The van der Waals surface area contributed by atoms with Crippen molar-refractivity contribution in [3.8, 4) is 0 Å². The number of aromatic nitrogens is 2. The number of carbonyl (C=O) groups excluding carboxylic acids is 2. The predicted octanol–water partition coefficient (Wildman–Crippen LogP) is 3.02. The van der Waals surface area contributed by atoms with E-state index in [9.17, 15) is 14.4 Å². The van der Waals surface area contributed by atoms with Gasteiger partial charge in [-0.1, -0.05) is 41.9 Å². The number of nitrogens with zero attached hydrogens (tertiary/aromatic N) is 2. The molecule has 2 aromatic carbocycles. The molecule has 1 aromatic heterocycles. The molecule has 0 aliphatic heterocycles. The summed E-state index contributed by atoms with van der Waals surface area (Å²) in [7, 11) is 1.45. The van der Waals surface area contributed by atoms with Crippen LogP contribution >= 0.6 is 11.6 Å². The zero-order valence-corrected chi connectivity index (χ0v) is 14.9. The van der Waals surface area contributed by atoms with Gasteiger partial charge in [0.05, 0.1) is 5.39 Å². The first-order valence-electron chi connectivity index (χ1n) is 7.85. The largest absolute Gasteiger partial charge is 0.449 e. The molecule has 3 aromatic rings. The maximum atomic E-state index is 12.6. The second kappa shape index (κ2) is 7.09. The Morgan fingerprint density at radius 3 is 2.50 bits per heavy atom. The second-order valence-electron chi connectivity index (χ2n) is 5.75. The van der Waals surface area contributed by atoms with Crippen molar-refractivity contribution in [1.29, 1.82) is 0 Å². The SMILES string of the molecule is C[C@@H](OC(=O)c1nn(C)c(=O)c2ccccc12)C(=O)c1cccc(Cl)c1.